The monoisotopic (exact) mass is 127 g/mol. The van der Waals surface area contributed by atoms with Gasteiger partial charge >= 0.3 is 0 Å². The largest absolute Gasteiger partial charge is 0.331 e. The first-order chi connectivity index (χ1) is 3.93. The second-order valence-corrected chi connectivity index (χ2v) is 1.44. The number of H-pyrrole nitrogens is 1. The van der Waals surface area contributed by atoms with Crippen molar-refractivity contribution < 1.29 is 0 Å². The molecule has 4 heteroatoms. The summed E-state index contributed by atoms with van der Waals surface area (Å²) in [6.45, 7) is 0. The van der Waals surface area contributed by atoms with Crippen LogP contribution < -0.4 is 5.32 Å². The summed E-state index contributed by atoms with van der Waals surface area (Å²) < 4.78 is 0. The van der Waals surface area contributed by atoms with Gasteiger partial charge in [0.05, 0.1) is 5.49 Å². The van der Waals surface area contributed by atoms with Crippen LogP contribution in [-0.2, 0) is 0 Å². The number of hydrogen-bond donors (Lipinski definition) is 2. The number of aromatic nitrogens is 2. The Labute approximate surface area is 52.1 Å². The lowest BCUT2D eigenvalue weighted by Gasteiger charge is -1.86. The molecule has 1 aromatic heterocycles. The van der Waals surface area contributed by atoms with E-state index in [1.54, 1.807) is 12.4 Å². The fraction of sp³-hybridized carbons (Fsp3) is 0. The number of aromatic amines is 1. The fourth-order valence-corrected chi connectivity index (χ4v) is 0.512. The highest BCUT2D eigenvalue weighted by atomic mass is 32.1. The first-order valence-corrected chi connectivity index (χ1v) is 2.60. The number of imidazole rings is 1. The molecule has 0 aliphatic carbocycles. The highest BCUT2D eigenvalue weighted by molar-refractivity contribution is 7.79. The molecule has 1 heterocycles. The van der Waals surface area contributed by atoms with Crippen molar-refractivity contribution in [3.8, 4) is 0 Å². The lowest BCUT2D eigenvalue weighted by molar-refractivity contribution is 1.32. The van der Waals surface area contributed by atoms with Crippen LogP contribution >= 0.6 is 12.2 Å². The lowest BCUT2D eigenvalue weighted by Crippen LogP contribution is -1.92. The second kappa shape index (κ2) is 2.42. The molecule has 2 N–H and O–H groups in total. The predicted molar refractivity (Wildman–Crippen MR) is 35.9 cm³/mol. The van der Waals surface area contributed by atoms with Crippen LogP contribution in [0.3, 0.4) is 0 Å². The van der Waals surface area contributed by atoms with Crippen molar-refractivity contribution in [2.24, 2.45) is 0 Å². The number of rotatable bonds is 2. The van der Waals surface area contributed by atoms with Gasteiger partial charge in [-0.05, 0) is 0 Å². The maximum atomic E-state index is 4.50. The zero-order valence-corrected chi connectivity index (χ0v) is 4.90. The van der Waals surface area contributed by atoms with E-state index in [9.17, 15) is 0 Å². The highest BCUT2D eigenvalue weighted by Crippen LogP contribution is 1.90. The number of hydrogen-bond acceptors (Lipinski definition) is 2. The molecular weight excluding hydrogens is 122 g/mol. The zero-order chi connectivity index (χ0) is 5.82. The van der Waals surface area contributed by atoms with Gasteiger partial charge in [-0.1, -0.05) is 12.2 Å². The Morgan fingerprint density at radius 1 is 1.88 bits per heavy atom. The third-order valence-electron chi connectivity index (χ3n) is 0.694. The van der Waals surface area contributed by atoms with Crippen LogP contribution in [0, 0.1) is 0 Å². The van der Waals surface area contributed by atoms with E-state index in [0.29, 0.717) is 5.95 Å². The van der Waals surface area contributed by atoms with Crippen molar-refractivity contribution in [3.63, 3.8) is 0 Å². The summed E-state index contributed by atoms with van der Waals surface area (Å²) in [6.07, 6.45) is 3.38. The Balaban J connectivity index is 2.62. The fourth-order valence-electron chi connectivity index (χ4n) is 0.400. The van der Waals surface area contributed by atoms with Crippen LogP contribution in [0.25, 0.3) is 0 Å². The van der Waals surface area contributed by atoms with Crippen molar-refractivity contribution in [2.75, 3.05) is 5.32 Å². The number of nitrogens with one attached hydrogen (secondary N) is 2. The second-order valence-electron chi connectivity index (χ2n) is 1.20. The molecule has 0 saturated carbocycles. The molecule has 42 valence electrons. The van der Waals surface area contributed by atoms with Crippen LogP contribution in [0.4, 0.5) is 5.95 Å². The van der Waals surface area contributed by atoms with Gasteiger partial charge in [-0.3, -0.25) is 0 Å². The number of anilines is 1. The summed E-state index contributed by atoms with van der Waals surface area (Å²) in [6, 6.07) is 0. The summed E-state index contributed by atoms with van der Waals surface area (Å²) in [4.78, 5) is 6.66. The van der Waals surface area contributed by atoms with Crippen molar-refractivity contribution in [2.45, 2.75) is 0 Å². The predicted octanol–water partition coefficient (Wildman–Crippen LogP) is 0.779. The van der Waals surface area contributed by atoms with E-state index in [-0.39, 0.29) is 0 Å². The van der Waals surface area contributed by atoms with Gasteiger partial charge in [0.25, 0.3) is 0 Å². The topological polar surface area (TPSA) is 40.7 Å². The van der Waals surface area contributed by atoms with Crippen molar-refractivity contribution >= 4 is 23.7 Å². The molecular formula is C4H5N3S. The summed E-state index contributed by atoms with van der Waals surface area (Å²) in [5, 5.41) is 2.71. The molecule has 0 fully saturated rings. The van der Waals surface area contributed by atoms with E-state index in [0.717, 1.165) is 0 Å². The Kier molecular flexibility index (Phi) is 1.58. The maximum absolute atomic E-state index is 4.50. The van der Waals surface area contributed by atoms with E-state index in [4.69, 9.17) is 0 Å². The van der Waals surface area contributed by atoms with Gasteiger partial charge in [0.15, 0.2) is 0 Å². The smallest absolute Gasteiger partial charge is 0.204 e. The summed E-state index contributed by atoms with van der Waals surface area (Å²) in [5.74, 6) is 0.681. The van der Waals surface area contributed by atoms with Crippen LogP contribution in [0.1, 0.15) is 0 Å². The average Bonchev–Trinajstić information content (AvgIpc) is 2.19. The third-order valence-corrected chi connectivity index (χ3v) is 0.812. The van der Waals surface area contributed by atoms with E-state index in [1.807, 2.05) is 0 Å². The Hall–Kier alpha value is -0.900. The average molecular weight is 127 g/mol. The molecule has 0 atom stereocenters. The molecule has 3 nitrogen and oxygen atoms in total. The van der Waals surface area contributed by atoms with E-state index in [2.05, 4.69) is 27.5 Å². The van der Waals surface area contributed by atoms with E-state index >= 15 is 0 Å². The van der Waals surface area contributed by atoms with Crippen molar-refractivity contribution in [1.82, 2.24) is 9.97 Å². The van der Waals surface area contributed by atoms with Gasteiger partial charge in [0, 0.05) is 12.4 Å². The number of nitrogens with zero attached hydrogens (tertiary/aromatic N) is 1. The minimum absolute atomic E-state index is 0.681. The molecule has 0 aromatic carbocycles. The standard InChI is InChI=1S/C4H5N3S/c8-3-7-4-5-1-2-6-4/h1-3H,(H2,5,6,7,8). The van der Waals surface area contributed by atoms with E-state index in [1.165, 1.54) is 5.49 Å². The molecule has 0 saturated heterocycles. The van der Waals surface area contributed by atoms with Crippen molar-refractivity contribution in [1.29, 1.82) is 0 Å². The zero-order valence-electron chi connectivity index (χ0n) is 4.09. The van der Waals surface area contributed by atoms with Crippen LogP contribution in [0.2, 0.25) is 0 Å². The van der Waals surface area contributed by atoms with Crippen LogP contribution in [-0.4, -0.2) is 15.5 Å². The SMILES string of the molecule is S=CNc1ncc[nH]1. The minimum Gasteiger partial charge on any atom is -0.331 e. The van der Waals surface area contributed by atoms with Gasteiger partial charge in [0.2, 0.25) is 5.95 Å². The van der Waals surface area contributed by atoms with Gasteiger partial charge < -0.3 is 10.3 Å². The maximum Gasteiger partial charge on any atom is 0.204 e. The molecule has 0 radical (unpaired) electrons. The Morgan fingerprint density at radius 2 is 2.75 bits per heavy atom. The summed E-state index contributed by atoms with van der Waals surface area (Å²) >= 11 is 4.50. The van der Waals surface area contributed by atoms with Gasteiger partial charge in [-0.2, -0.15) is 0 Å². The molecule has 0 bridgehead atoms. The minimum atomic E-state index is 0.681. The van der Waals surface area contributed by atoms with Gasteiger partial charge in [-0.15, -0.1) is 0 Å². The molecule has 0 spiro atoms. The summed E-state index contributed by atoms with van der Waals surface area (Å²) in [5.41, 5.74) is 1.40. The highest BCUT2D eigenvalue weighted by Gasteiger charge is 1.83. The molecule has 0 unspecified atom stereocenters. The Bertz CT molecular complexity index is 158. The lowest BCUT2D eigenvalue weighted by atomic mass is 11.0. The first-order valence-electron chi connectivity index (χ1n) is 2.13. The van der Waals surface area contributed by atoms with Crippen LogP contribution in [0.5, 0.6) is 0 Å². The molecule has 1 aromatic rings. The molecule has 8 heavy (non-hydrogen) atoms. The summed E-state index contributed by atoms with van der Waals surface area (Å²) in [7, 11) is 0. The van der Waals surface area contributed by atoms with Crippen LogP contribution in [0.15, 0.2) is 12.4 Å². The number of thiocarbonyl (C=S) groups is 1. The normalized spacial score (nSPS) is 8.50. The van der Waals surface area contributed by atoms with Gasteiger partial charge in [-0.25, -0.2) is 4.98 Å². The quantitative estimate of drug-likeness (QED) is 0.577. The molecule has 0 amide bonds. The third kappa shape index (κ3) is 1.04. The Morgan fingerprint density at radius 3 is 3.25 bits per heavy atom. The molecule has 0 aliphatic rings. The first kappa shape index (κ1) is 5.24. The van der Waals surface area contributed by atoms with E-state index < -0.39 is 0 Å². The van der Waals surface area contributed by atoms with Gasteiger partial charge in [0.1, 0.15) is 0 Å². The molecule has 0 aliphatic heterocycles. The van der Waals surface area contributed by atoms with Crippen molar-refractivity contribution in [3.05, 3.63) is 12.4 Å². The molecule has 1 rings (SSSR count).